The number of carbonyl (C=O) groups excluding carboxylic acids is 3. The second kappa shape index (κ2) is 21.2. The van der Waals surface area contributed by atoms with Gasteiger partial charge in [-0.05, 0) is 65.7 Å². The maximum absolute atomic E-state index is 13.0. The number of hydrogen-bond donors (Lipinski definition) is 2. The van der Waals surface area contributed by atoms with Crippen molar-refractivity contribution in [3.05, 3.63) is 0 Å². The van der Waals surface area contributed by atoms with Crippen molar-refractivity contribution >= 4 is 17.6 Å². The second-order valence-corrected chi connectivity index (χ2v) is 13.2. The molecule has 1 rings (SSSR count). The first-order valence-electron chi connectivity index (χ1n) is 16.5. The van der Waals surface area contributed by atoms with E-state index in [4.69, 9.17) is 9.47 Å². The predicted molar refractivity (Wildman–Crippen MR) is 167 cm³/mol. The number of unbranched alkanes of at least 4 members (excludes halogenated alkanes) is 3. The fraction of sp³-hybridized carbons (Fsp3) is 0.909. The summed E-state index contributed by atoms with van der Waals surface area (Å²) in [6.45, 7) is 18.4. The molecule has 0 spiro atoms. The van der Waals surface area contributed by atoms with Gasteiger partial charge in [0, 0.05) is 38.4 Å². The van der Waals surface area contributed by atoms with Crippen LogP contribution in [0.1, 0.15) is 132 Å². The number of ether oxygens (including phenoxy) is 2. The van der Waals surface area contributed by atoms with E-state index in [0.717, 1.165) is 51.4 Å². The molecular formula is C33H63N3O5. The monoisotopic (exact) mass is 581 g/mol. The van der Waals surface area contributed by atoms with Gasteiger partial charge in [-0.1, -0.05) is 53.4 Å². The van der Waals surface area contributed by atoms with Crippen LogP contribution in [0.3, 0.4) is 0 Å². The zero-order valence-electron chi connectivity index (χ0n) is 27.6. The Kier molecular flexibility index (Phi) is 19.4. The molecule has 0 aromatic rings. The highest BCUT2D eigenvalue weighted by atomic mass is 16.5. The first-order chi connectivity index (χ1) is 19.4. The van der Waals surface area contributed by atoms with Gasteiger partial charge in [0.25, 0.3) is 0 Å². The van der Waals surface area contributed by atoms with E-state index in [9.17, 15) is 14.4 Å². The normalized spacial score (nSPS) is 18.2. The molecule has 0 aromatic carbocycles. The summed E-state index contributed by atoms with van der Waals surface area (Å²) in [4.78, 5) is 39.9. The highest BCUT2D eigenvalue weighted by molar-refractivity contribution is 5.82. The SMILES string of the molecule is CC(C)CCC[C@@H](NC(C)C)C(=O)NCCCC(=O)CCCCCCC(=O)N1C[C@H](OC(C)C)C[C@H]1COC(C)C. The van der Waals surface area contributed by atoms with Crippen LogP contribution in [0.15, 0.2) is 0 Å². The predicted octanol–water partition coefficient (Wildman–Crippen LogP) is 5.80. The lowest BCUT2D eigenvalue weighted by atomic mass is 10.0. The van der Waals surface area contributed by atoms with Gasteiger partial charge in [-0.25, -0.2) is 0 Å². The van der Waals surface area contributed by atoms with E-state index in [-0.39, 0.29) is 54.0 Å². The standard InChI is InChI=1S/C33H63N3O5/c1-24(2)15-13-18-31(35-25(3)4)33(39)34-20-14-17-29(37)16-11-9-10-12-19-32(38)36-22-30(41-27(7)8)21-28(36)23-40-26(5)6/h24-28,30-31,35H,9-23H2,1-8H3,(H,34,39)/t28-,30+,31+/m0/s1. The third-order valence-corrected chi connectivity index (χ3v) is 7.44. The number of rotatable bonds is 23. The molecule has 0 unspecified atom stereocenters. The topological polar surface area (TPSA) is 97.0 Å². The number of amides is 2. The van der Waals surface area contributed by atoms with E-state index in [1.807, 2.05) is 32.6 Å². The van der Waals surface area contributed by atoms with Crippen molar-refractivity contribution in [1.82, 2.24) is 15.5 Å². The molecule has 3 atom stereocenters. The highest BCUT2D eigenvalue weighted by Gasteiger charge is 2.36. The smallest absolute Gasteiger partial charge is 0.237 e. The molecule has 0 aliphatic carbocycles. The van der Waals surface area contributed by atoms with Gasteiger partial charge >= 0.3 is 0 Å². The van der Waals surface area contributed by atoms with Crippen molar-refractivity contribution in [2.45, 2.75) is 169 Å². The van der Waals surface area contributed by atoms with Crippen molar-refractivity contribution in [2.75, 3.05) is 19.7 Å². The molecule has 8 heteroatoms. The molecule has 1 aliphatic rings. The van der Waals surface area contributed by atoms with Crippen molar-refractivity contribution in [1.29, 1.82) is 0 Å². The zero-order valence-corrected chi connectivity index (χ0v) is 27.6. The van der Waals surface area contributed by atoms with Crippen LogP contribution in [-0.2, 0) is 23.9 Å². The Hall–Kier alpha value is -1.51. The van der Waals surface area contributed by atoms with E-state index >= 15 is 0 Å². The Bertz CT molecular complexity index is 740. The summed E-state index contributed by atoms with van der Waals surface area (Å²) in [7, 11) is 0. The van der Waals surface area contributed by atoms with Crippen LogP contribution in [0.2, 0.25) is 0 Å². The van der Waals surface area contributed by atoms with E-state index < -0.39 is 0 Å². The van der Waals surface area contributed by atoms with Crippen LogP contribution >= 0.6 is 0 Å². The fourth-order valence-corrected chi connectivity index (χ4v) is 5.39. The van der Waals surface area contributed by atoms with Crippen LogP contribution in [0.4, 0.5) is 0 Å². The van der Waals surface area contributed by atoms with Crippen LogP contribution in [0, 0.1) is 5.92 Å². The molecule has 2 N–H and O–H groups in total. The summed E-state index contributed by atoms with van der Waals surface area (Å²) in [5, 5.41) is 6.40. The second-order valence-electron chi connectivity index (χ2n) is 13.2. The Balaban J connectivity index is 2.23. The zero-order chi connectivity index (χ0) is 30.8. The molecule has 2 amide bonds. The van der Waals surface area contributed by atoms with Gasteiger partial charge in [0.05, 0.1) is 37.0 Å². The quantitative estimate of drug-likeness (QED) is 0.148. The van der Waals surface area contributed by atoms with Crippen LogP contribution in [0.25, 0.3) is 0 Å². The van der Waals surface area contributed by atoms with Gasteiger partial charge in [0.1, 0.15) is 5.78 Å². The average Bonchev–Trinajstić information content (AvgIpc) is 3.28. The fourth-order valence-electron chi connectivity index (χ4n) is 5.39. The molecule has 0 saturated carbocycles. The third-order valence-electron chi connectivity index (χ3n) is 7.44. The highest BCUT2D eigenvalue weighted by Crippen LogP contribution is 2.24. The summed E-state index contributed by atoms with van der Waals surface area (Å²) in [5.74, 6) is 1.12. The number of nitrogens with one attached hydrogen (secondary N) is 2. The molecule has 0 bridgehead atoms. The summed E-state index contributed by atoms with van der Waals surface area (Å²) in [6, 6.07) is 0.164. The van der Waals surface area contributed by atoms with Gasteiger partial charge in [0.2, 0.25) is 11.8 Å². The molecule has 0 aromatic heterocycles. The molecular weight excluding hydrogens is 518 g/mol. The van der Waals surface area contributed by atoms with Crippen molar-refractivity contribution in [2.24, 2.45) is 5.92 Å². The van der Waals surface area contributed by atoms with Crippen molar-refractivity contribution in [3.8, 4) is 0 Å². The van der Waals surface area contributed by atoms with Crippen molar-refractivity contribution in [3.63, 3.8) is 0 Å². The molecule has 1 saturated heterocycles. The number of carbonyl (C=O) groups is 3. The first kappa shape index (κ1) is 37.5. The maximum Gasteiger partial charge on any atom is 0.237 e. The Morgan fingerprint density at radius 3 is 2.07 bits per heavy atom. The van der Waals surface area contributed by atoms with Gasteiger partial charge in [-0.3, -0.25) is 14.4 Å². The van der Waals surface area contributed by atoms with E-state index in [2.05, 4.69) is 38.3 Å². The first-order valence-corrected chi connectivity index (χ1v) is 16.5. The molecule has 1 heterocycles. The lowest BCUT2D eigenvalue weighted by molar-refractivity contribution is -0.134. The Morgan fingerprint density at radius 2 is 1.46 bits per heavy atom. The number of nitrogens with zero attached hydrogens (tertiary/aromatic N) is 1. The van der Waals surface area contributed by atoms with Crippen LogP contribution < -0.4 is 10.6 Å². The number of ketones is 1. The molecule has 8 nitrogen and oxygen atoms in total. The molecule has 1 fully saturated rings. The van der Waals surface area contributed by atoms with Crippen molar-refractivity contribution < 1.29 is 23.9 Å². The minimum atomic E-state index is -0.170. The van der Waals surface area contributed by atoms with Gasteiger partial charge < -0.3 is 25.0 Å². The van der Waals surface area contributed by atoms with Gasteiger partial charge in [0.15, 0.2) is 0 Å². The van der Waals surface area contributed by atoms with Gasteiger partial charge in [-0.2, -0.15) is 0 Å². The van der Waals surface area contributed by atoms with Crippen LogP contribution in [-0.4, -0.2) is 78.6 Å². The molecule has 1 aliphatic heterocycles. The summed E-state index contributed by atoms with van der Waals surface area (Å²) in [6.07, 6.45) is 10.1. The number of likely N-dealkylation sites (tertiary alicyclic amines) is 1. The minimum Gasteiger partial charge on any atom is -0.377 e. The number of hydrogen-bond acceptors (Lipinski definition) is 6. The van der Waals surface area contributed by atoms with E-state index in [1.54, 1.807) is 0 Å². The summed E-state index contributed by atoms with van der Waals surface area (Å²) >= 11 is 0. The van der Waals surface area contributed by atoms with Gasteiger partial charge in [-0.15, -0.1) is 0 Å². The largest absolute Gasteiger partial charge is 0.377 e. The summed E-state index contributed by atoms with van der Waals surface area (Å²) in [5.41, 5.74) is 0. The molecule has 0 radical (unpaired) electrons. The Morgan fingerprint density at radius 1 is 0.805 bits per heavy atom. The third kappa shape index (κ3) is 17.9. The van der Waals surface area contributed by atoms with Crippen LogP contribution in [0.5, 0.6) is 0 Å². The number of Topliss-reactive ketones (excluding diaryl/α,β-unsaturated/α-hetero) is 1. The molecule has 240 valence electrons. The van der Waals surface area contributed by atoms with E-state index in [1.165, 1.54) is 0 Å². The van der Waals surface area contributed by atoms with E-state index in [0.29, 0.717) is 51.3 Å². The minimum absolute atomic E-state index is 0.0418. The lowest BCUT2D eigenvalue weighted by Crippen LogP contribution is -2.47. The summed E-state index contributed by atoms with van der Waals surface area (Å²) < 4.78 is 11.8. The maximum atomic E-state index is 13.0. The Labute approximate surface area is 251 Å². The average molecular weight is 582 g/mol. The lowest BCUT2D eigenvalue weighted by Gasteiger charge is -2.25. The molecule has 41 heavy (non-hydrogen) atoms.